The van der Waals surface area contributed by atoms with E-state index >= 15 is 0 Å². The van der Waals surface area contributed by atoms with Gasteiger partial charge in [-0.25, -0.2) is 0 Å². The van der Waals surface area contributed by atoms with Gasteiger partial charge in [0, 0.05) is 13.0 Å². The Morgan fingerprint density at radius 1 is 0.486 bits per heavy atom. The van der Waals surface area contributed by atoms with Crippen molar-refractivity contribution in [2.24, 2.45) is 0 Å². The number of aliphatic hydroxyl groups excluding tert-OH is 7. The normalized spacial score (nSPS) is 26.3. The van der Waals surface area contributed by atoms with Crippen molar-refractivity contribution in [3.63, 3.8) is 0 Å². The van der Waals surface area contributed by atoms with Crippen LogP contribution in [0.25, 0.3) is 0 Å². The van der Waals surface area contributed by atoms with E-state index in [9.17, 15) is 40.5 Å². The van der Waals surface area contributed by atoms with Gasteiger partial charge >= 0.3 is 5.97 Å². The molecule has 400 valence electrons. The van der Waals surface area contributed by atoms with Gasteiger partial charge in [0.15, 0.2) is 12.6 Å². The number of hydrogen-bond acceptors (Lipinski definition) is 14. The Balaban J connectivity index is 1.78. The lowest BCUT2D eigenvalue weighted by molar-refractivity contribution is -0.332. The fraction of sp³-hybridized carbons (Fsp3) is 0.696. The van der Waals surface area contributed by atoms with Crippen molar-refractivity contribution in [3.8, 4) is 0 Å². The van der Waals surface area contributed by atoms with Crippen molar-refractivity contribution in [1.29, 1.82) is 0 Å². The highest BCUT2D eigenvalue weighted by Gasteiger charge is 2.47. The van der Waals surface area contributed by atoms with Crippen molar-refractivity contribution in [2.45, 2.75) is 216 Å². The minimum Gasteiger partial charge on any atom is -0.457 e. The maximum absolute atomic E-state index is 13.0. The number of aliphatic hydroxyl groups is 7. The lowest BCUT2D eigenvalue weighted by atomic mass is 9.98. The second-order valence-electron chi connectivity index (χ2n) is 18.0. The number of hydrogen-bond donors (Lipinski definition) is 7. The monoisotopic (exact) mass is 989 g/mol. The van der Waals surface area contributed by atoms with E-state index in [0.29, 0.717) is 13.0 Å². The average Bonchev–Trinajstić information content (AvgIpc) is 3.36. The highest BCUT2D eigenvalue weighted by atomic mass is 16.7. The molecule has 0 aromatic carbocycles. The van der Waals surface area contributed by atoms with Crippen LogP contribution in [0, 0.1) is 0 Å². The molecule has 2 saturated heterocycles. The van der Waals surface area contributed by atoms with Gasteiger partial charge in [-0.15, -0.1) is 0 Å². The van der Waals surface area contributed by atoms with Gasteiger partial charge in [0.25, 0.3) is 0 Å². The SMILES string of the molecule is CC/C=C\C/C=C\C/C=C\C/C=C\C/C=C\C/C=C\CCCCCOCC(COC1OC(COC2OC(CO)C(O)C(O)C2O)C(O)C(O)C1O)OC(=O)CCCCCCC/C=C\C/C=C\CCCC. The van der Waals surface area contributed by atoms with E-state index in [1.807, 2.05) is 0 Å². The van der Waals surface area contributed by atoms with Crippen LogP contribution in [-0.4, -0.2) is 142 Å². The quantitative estimate of drug-likeness (QED) is 0.0175. The number of unbranched alkanes of at least 4 members (excludes halogenated alkanes) is 10. The fourth-order valence-electron chi connectivity index (χ4n) is 7.54. The standard InChI is InChI=1S/C56H92O14/c1-3-5-7-9-11-13-15-17-19-20-21-22-23-24-25-26-28-30-32-34-36-38-40-65-42-45(68-48(58)39-37-35-33-31-29-27-18-16-14-12-10-8-6-4-2)43-66-55-54(64)52(62)50(60)47(70-55)44-67-56-53(63)51(61)49(59)46(41-57)69-56/h5,7,10-13,16-19,21-22,24-25,28,30,45-47,49-57,59-64H,3-4,6,8-9,14-15,20,23,26-27,29,31-44H2,1-2H3/b7-5-,12-10-,13-11-,18-16-,19-17-,22-21-,25-24-,30-28-. The highest BCUT2D eigenvalue weighted by Crippen LogP contribution is 2.26. The third-order valence-corrected chi connectivity index (χ3v) is 11.8. The summed E-state index contributed by atoms with van der Waals surface area (Å²) in [5.41, 5.74) is 0. The summed E-state index contributed by atoms with van der Waals surface area (Å²) in [5.74, 6) is -0.408. The Labute approximate surface area is 420 Å². The maximum Gasteiger partial charge on any atom is 0.306 e. The number of rotatable bonds is 40. The molecule has 14 nitrogen and oxygen atoms in total. The summed E-state index contributed by atoms with van der Waals surface area (Å²) in [4.78, 5) is 13.0. The van der Waals surface area contributed by atoms with E-state index in [1.165, 1.54) is 12.8 Å². The Hall–Kier alpha value is -3.09. The molecule has 70 heavy (non-hydrogen) atoms. The second kappa shape index (κ2) is 42.4. The molecule has 0 bridgehead atoms. The molecule has 0 aromatic heterocycles. The van der Waals surface area contributed by atoms with Crippen LogP contribution in [0.2, 0.25) is 0 Å². The topological polar surface area (TPSA) is 214 Å². The fourth-order valence-corrected chi connectivity index (χ4v) is 7.54. The van der Waals surface area contributed by atoms with Gasteiger partial charge in [-0.2, -0.15) is 0 Å². The molecule has 11 unspecified atom stereocenters. The van der Waals surface area contributed by atoms with Crippen LogP contribution < -0.4 is 0 Å². The largest absolute Gasteiger partial charge is 0.457 e. The van der Waals surface area contributed by atoms with E-state index in [0.717, 1.165) is 109 Å². The van der Waals surface area contributed by atoms with E-state index in [1.54, 1.807) is 0 Å². The smallest absolute Gasteiger partial charge is 0.306 e. The molecule has 0 aliphatic carbocycles. The summed E-state index contributed by atoms with van der Waals surface area (Å²) >= 11 is 0. The van der Waals surface area contributed by atoms with E-state index in [-0.39, 0.29) is 19.6 Å². The van der Waals surface area contributed by atoms with Gasteiger partial charge < -0.3 is 64.2 Å². The first-order valence-corrected chi connectivity index (χ1v) is 26.3. The van der Waals surface area contributed by atoms with Crippen LogP contribution in [0.15, 0.2) is 97.2 Å². The van der Waals surface area contributed by atoms with Gasteiger partial charge in [0.2, 0.25) is 0 Å². The third-order valence-electron chi connectivity index (χ3n) is 11.8. The van der Waals surface area contributed by atoms with Gasteiger partial charge in [0.1, 0.15) is 54.9 Å². The molecule has 2 fully saturated rings. The van der Waals surface area contributed by atoms with Crippen LogP contribution in [0.3, 0.4) is 0 Å². The van der Waals surface area contributed by atoms with Crippen LogP contribution in [-0.2, 0) is 33.2 Å². The third kappa shape index (κ3) is 29.4. The Morgan fingerprint density at radius 3 is 1.46 bits per heavy atom. The number of ether oxygens (including phenoxy) is 6. The molecule has 0 spiro atoms. The summed E-state index contributed by atoms with van der Waals surface area (Å²) in [6.07, 6.45) is 39.0. The first-order chi connectivity index (χ1) is 34.1. The van der Waals surface area contributed by atoms with E-state index in [4.69, 9.17) is 28.4 Å². The number of carbonyl (C=O) groups excluding carboxylic acids is 1. The molecule has 2 aliphatic heterocycles. The number of allylic oxidation sites excluding steroid dienone is 16. The Bertz CT molecular complexity index is 1520. The van der Waals surface area contributed by atoms with Crippen molar-refractivity contribution in [3.05, 3.63) is 97.2 Å². The summed E-state index contributed by atoms with van der Waals surface area (Å²) in [7, 11) is 0. The highest BCUT2D eigenvalue weighted by molar-refractivity contribution is 5.69. The molecule has 2 heterocycles. The minimum absolute atomic E-state index is 0.0264. The van der Waals surface area contributed by atoms with Crippen molar-refractivity contribution < 1.29 is 69.0 Å². The molecular formula is C56H92O14. The van der Waals surface area contributed by atoms with Crippen LogP contribution >= 0.6 is 0 Å². The molecule has 2 rings (SSSR count). The predicted octanol–water partition coefficient (Wildman–Crippen LogP) is 8.24. The molecule has 0 saturated carbocycles. The first-order valence-electron chi connectivity index (χ1n) is 26.3. The average molecular weight is 989 g/mol. The van der Waals surface area contributed by atoms with Crippen molar-refractivity contribution in [2.75, 3.05) is 33.0 Å². The zero-order valence-corrected chi connectivity index (χ0v) is 42.5. The lowest BCUT2D eigenvalue weighted by Crippen LogP contribution is -2.61. The van der Waals surface area contributed by atoms with Crippen LogP contribution in [0.4, 0.5) is 0 Å². The number of carbonyl (C=O) groups is 1. The molecule has 11 atom stereocenters. The van der Waals surface area contributed by atoms with E-state index < -0.39 is 86.7 Å². The zero-order valence-electron chi connectivity index (χ0n) is 42.5. The van der Waals surface area contributed by atoms with Gasteiger partial charge in [-0.05, 0) is 89.9 Å². The number of esters is 1. The van der Waals surface area contributed by atoms with Gasteiger partial charge in [0.05, 0.1) is 26.4 Å². The molecular weight excluding hydrogens is 897 g/mol. The van der Waals surface area contributed by atoms with Crippen molar-refractivity contribution in [1.82, 2.24) is 0 Å². The lowest BCUT2D eigenvalue weighted by Gasteiger charge is -2.42. The molecule has 7 N–H and O–H groups in total. The summed E-state index contributed by atoms with van der Waals surface area (Å²) in [6, 6.07) is 0. The van der Waals surface area contributed by atoms with E-state index in [2.05, 4.69) is 111 Å². The summed E-state index contributed by atoms with van der Waals surface area (Å²) in [6.45, 7) is 3.40. The van der Waals surface area contributed by atoms with Crippen LogP contribution in [0.1, 0.15) is 149 Å². The van der Waals surface area contributed by atoms with Crippen LogP contribution in [0.5, 0.6) is 0 Å². The molecule has 0 radical (unpaired) electrons. The molecule has 0 amide bonds. The zero-order chi connectivity index (χ0) is 50.9. The maximum atomic E-state index is 13.0. The Kier molecular flexibility index (Phi) is 38.2. The molecule has 14 heteroatoms. The predicted molar refractivity (Wildman–Crippen MR) is 274 cm³/mol. The van der Waals surface area contributed by atoms with Gasteiger partial charge in [-0.1, -0.05) is 150 Å². The Morgan fingerprint density at radius 2 is 0.929 bits per heavy atom. The summed E-state index contributed by atoms with van der Waals surface area (Å²) in [5, 5.41) is 72.2. The van der Waals surface area contributed by atoms with Gasteiger partial charge in [-0.3, -0.25) is 4.79 Å². The van der Waals surface area contributed by atoms with Crippen molar-refractivity contribution >= 4 is 5.97 Å². The second-order valence-corrected chi connectivity index (χ2v) is 18.0. The summed E-state index contributed by atoms with van der Waals surface area (Å²) < 4.78 is 34.2. The molecule has 0 aromatic rings. The first kappa shape index (κ1) is 63.0. The molecule has 2 aliphatic rings. The minimum atomic E-state index is -1.72.